The Morgan fingerprint density at radius 1 is 0.872 bits per heavy atom. The van der Waals surface area contributed by atoms with Crippen LogP contribution in [0.1, 0.15) is 37.7 Å². The summed E-state index contributed by atoms with van der Waals surface area (Å²) in [4.78, 5) is 64.0. The van der Waals surface area contributed by atoms with Crippen molar-refractivity contribution in [2.45, 2.75) is 62.7 Å². The van der Waals surface area contributed by atoms with Gasteiger partial charge in [-0.15, -0.1) is 0 Å². The number of hydrogen-bond acceptors (Lipinski definition) is 8. The summed E-state index contributed by atoms with van der Waals surface area (Å²) in [5.41, 5.74) is 13.1. The maximum Gasteiger partial charge on any atom is 0.326 e. The fraction of sp³-hybridized carbons (Fsp3) is 0.480. The maximum absolute atomic E-state index is 12.8. The van der Waals surface area contributed by atoms with Gasteiger partial charge in [-0.1, -0.05) is 18.2 Å². The van der Waals surface area contributed by atoms with E-state index in [-0.39, 0.29) is 19.3 Å². The number of nitrogens with one attached hydrogen (secondary N) is 4. The van der Waals surface area contributed by atoms with Crippen molar-refractivity contribution in [2.75, 3.05) is 13.2 Å². The van der Waals surface area contributed by atoms with Crippen molar-refractivity contribution in [3.8, 4) is 0 Å². The first-order chi connectivity index (χ1) is 18.6. The Bertz CT molecular complexity index is 1150. The first-order valence-corrected chi connectivity index (χ1v) is 12.5. The highest BCUT2D eigenvalue weighted by molar-refractivity contribution is 5.94. The molecule has 11 N–H and O–H groups in total. The number of carbonyl (C=O) groups is 5. The van der Waals surface area contributed by atoms with Crippen LogP contribution >= 0.6 is 0 Å². The minimum Gasteiger partial charge on any atom is -0.481 e. The number of aliphatic carboxylic acids is 2. The average molecular weight is 549 g/mol. The van der Waals surface area contributed by atoms with Gasteiger partial charge < -0.3 is 47.7 Å². The molecule has 0 saturated heterocycles. The van der Waals surface area contributed by atoms with E-state index in [2.05, 4.69) is 20.9 Å². The number of carbonyl (C=O) groups excluding carboxylic acids is 3. The number of aliphatic hydroxyl groups excluding tert-OH is 1. The number of nitrogens with two attached hydrogens (primary N) is 2. The molecule has 214 valence electrons. The number of fused-ring (bicyclic) bond motifs is 1. The Morgan fingerprint density at radius 2 is 1.51 bits per heavy atom. The first-order valence-electron chi connectivity index (χ1n) is 12.5. The number of carboxylic acids is 2. The lowest BCUT2D eigenvalue weighted by Crippen LogP contribution is -2.58. The molecule has 2 rings (SSSR count). The van der Waals surface area contributed by atoms with Crippen molar-refractivity contribution < 1.29 is 39.3 Å². The van der Waals surface area contributed by atoms with Crippen molar-refractivity contribution in [1.29, 1.82) is 0 Å². The van der Waals surface area contributed by atoms with E-state index < -0.39 is 66.9 Å². The van der Waals surface area contributed by atoms with Crippen LogP contribution in [0.25, 0.3) is 10.9 Å². The number of unbranched alkanes of at least 4 members (excludes halogenated alkanes) is 1. The number of aliphatic hydroxyl groups is 1. The molecule has 0 aliphatic rings. The summed E-state index contributed by atoms with van der Waals surface area (Å²) < 4.78 is 0. The predicted octanol–water partition coefficient (Wildman–Crippen LogP) is -1.44. The smallest absolute Gasteiger partial charge is 0.326 e. The summed E-state index contributed by atoms with van der Waals surface area (Å²) in [7, 11) is 0. The summed E-state index contributed by atoms with van der Waals surface area (Å²) >= 11 is 0. The number of carboxylic acid groups (broad SMARTS) is 2. The highest BCUT2D eigenvalue weighted by Crippen LogP contribution is 2.18. The number of para-hydroxylation sites is 1. The zero-order valence-corrected chi connectivity index (χ0v) is 21.4. The molecular weight excluding hydrogens is 512 g/mol. The molecule has 0 fully saturated rings. The molecular formula is C25H36N6O8. The third-order valence-corrected chi connectivity index (χ3v) is 6.11. The van der Waals surface area contributed by atoms with Gasteiger partial charge in [0.15, 0.2) is 0 Å². The number of aromatic amines is 1. The van der Waals surface area contributed by atoms with Gasteiger partial charge in [0, 0.05) is 23.5 Å². The van der Waals surface area contributed by atoms with Crippen molar-refractivity contribution in [3.63, 3.8) is 0 Å². The largest absolute Gasteiger partial charge is 0.481 e. The quantitative estimate of drug-likeness (QED) is 0.104. The highest BCUT2D eigenvalue weighted by atomic mass is 16.4. The van der Waals surface area contributed by atoms with Crippen LogP contribution in [0.15, 0.2) is 30.5 Å². The molecule has 0 radical (unpaired) electrons. The van der Waals surface area contributed by atoms with E-state index in [4.69, 9.17) is 16.6 Å². The van der Waals surface area contributed by atoms with Crippen LogP contribution in [0.2, 0.25) is 0 Å². The number of rotatable bonds is 17. The molecule has 2 aromatic rings. The second-order valence-corrected chi connectivity index (χ2v) is 9.09. The molecule has 14 nitrogen and oxygen atoms in total. The van der Waals surface area contributed by atoms with Crippen LogP contribution in [0, 0.1) is 0 Å². The van der Waals surface area contributed by atoms with E-state index >= 15 is 0 Å². The molecule has 0 saturated carbocycles. The Labute approximate surface area is 224 Å². The van der Waals surface area contributed by atoms with Gasteiger partial charge >= 0.3 is 11.9 Å². The Hall–Kier alpha value is -4.01. The van der Waals surface area contributed by atoms with Crippen LogP contribution in [0.4, 0.5) is 0 Å². The van der Waals surface area contributed by atoms with Gasteiger partial charge in [0.1, 0.15) is 18.1 Å². The normalized spacial score (nSPS) is 14.1. The lowest BCUT2D eigenvalue weighted by atomic mass is 10.0. The molecule has 0 bridgehead atoms. The number of hydrogen-bond donors (Lipinski definition) is 9. The third-order valence-electron chi connectivity index (χ3n) is 6.11. The van der Waals surface area contributed by atoms with E-state index in [0.29, 0.717) is 19.4 Å². The lowest BCUT2D eigenvalue weighted by molar-refractivity contribution is -0.143. The lowest BCUT2D eigenvalue weighted by Gasteiger charge is -2.24. The van der Waals surface area contributed by atoms with Crippen LogP contribution < -0.4 is 27.4 Å². The number of benzene rings is 1. The van der Waals surface area contributed by atoms with E-state index in [1.54, 1.807) is 6.20 Å². The maximum atomic E-state index is 12.8. The Kier molecular flexibility index (Phi) is 12.3. The van der Waals surface area contributed by atoms with Crippen LogP contribution in [0.3, 0.4) is 0 Å². The molecule has 0 aliphatic carbocycles. The second-order valence-electron chi connectivity index (χ2n) is 9.09. The van der Waals surface area contributed by atoms with Gasteiger partial charge in [0.25, 0.3) is 0 Å². The summed E-state index contributed by atoms with van der Waals surface area (Å²) in [6, 6.07) is 2.16. The van der Waals surface area contributed by atoms with Crippen molar-refractivity contribution >= 4 is 40.6 Å². The minimum atomic E-state index is -1.49. The summed E-state index contributed by atoms with van der Waals surface area (Å²) in [5, 5.41) is 36.0. The molecule has 0 aliphatic heterocycles. The highest BCUT2D eigenvalue weighted by Gasteiger charge is 2.30. The molecule has 14 heteroatoms. The van der Waals surface area contributed by atoms with Gasteiger partial charge in [-0.3, -0.25) is 19.2 Å². The van der Waals surface area contributed by atoms with E-state index in [1.807, 2.05) is 24.3 Å². The summed E-state index contributed by atoms with van der Waals surface area (Å²) in [5.74, 6) is -5.15. The summed E-state index contributed by atoms with van der Waals surface area (Å²) in [6.45, 7) is -0.487. The van der Waals surface area contributed by atoms with E-state index in [1.165, 1.54) is 0 Å². The zero-order valence-electron chi connectivity index (χ0n) is 21.4. The fourth-order valence-corrected chi connectivity index (χ4v) is 3.93. The molecule has 4 atom stereocenters. The molecule has 4 unspecified atom stereocenters. The Balaban J connectivity index is 2.04. The van der Waals surface area contributed by atoms with Crippen LogP contribution in [-0.4, -0.2) is 87.3 Å². The molecule has 1 aromatic carbocycles. The molecule has 1 heterocycles. The summed E-state index contributed by atoms with van der Waals surface area (Å²) in [6.07, 6.45) is 2.06. The SMILES string of the molecule is NCCCCC(NC(=O)C(CCC(=O)O)NC(=O)C(CO)NC(=O)C(N)Cc1c[nH]c2ccccc12)C(=O)O. The van der Waals surface area contributed by atoms with Gasteiger partial charge in [-0.05, 0) is 50.3 Å². The number of amides is 3. The van der Waals surface area contributed by atoms with Crippen molar-refractivity contribution in [1.82, 2.24) is 20.9 Å². The standard InChI is InChI=1S/C25H36N6O8/c26-10-4-3-7-19(25(38)39)30-23(36)18(8-9-21(33)34)29-24(37)20(13-32)31-22(35)16(27)11-14-12-28-17-6-2-1-5-15(14)17/h1-2,5-6,12,16,18-20,28,32H,3-4,7-11,13,26-27H2,(H,29,37)(H,30,36)(H,31,35)(H,33,34)(H,38,39). The number of aromatic nitrogens is 1. The average Bonchev–Trinajstić information content (AvgIpc) is 3.31. The van der Waals surface area contributed by atoms with Crippen molar-refractivity contribution in [3.05, 3.63) is 36.0 Å². The van der Waals surface area contributed by atoms with E-state index in [9.17, 15) is 34.2 Å². The number of H-pyrrole nitrogens is 1. The predicted molar refractivity (Wildman–Crippen MR) is 140 cm³/mol. The second kappa shape index (κ2) is 15.4. The van der Waals surface area contributed by atoms with Crippen LogP contribution in [-0.2, 0) is 30.4 Å². The fourth-order valence-electron chi connectivity index (χ4n) is 3.93. The topological polar surface area (TPSA) is 250 Å². The first kappa shape index (κ1) is 31.2. The van der Waals surface area contributed by atoms with Gasteiger partial charge in [-0.25, -0.2) is 4.79 Å². The third kappa shape index (κ3) is 9.67. The zero-order chi connectivity index (χ0) is 28.9. The molecule has 3 amide bonds. The minimum absolute atomic E-state index is 0.0848. The molecule has 1 aromatic heterocycles. The Morgan fingerprint density at radius 3 is 2.15 bits per heavy atom. The molecule has 39 heavy (non-hydrogen) atoms. The van der Waals surface area contributed by atoms with Gasteiger partial charge in [0.05, 0.1) is 12.6 Å². The van der Waals surface area contributed by atoms with Gasteiger partial charge in [0.2, 0.25) is 17.7 Å². The van der Waals surface area contributed by atoms with Crippen molar-refractivity contribution in [2.24, 2.45) is 11.5 Å². The monoisotopic (exact) mass is 548 g/mol. The van der Waals surface area contributed by atoms with Gasteiger partial charge in [-0.2, -0.15) is 0 Å². The van der Waals surface area contributed by atoms with Crippen LogP contribution in [0.5, 0.6) is 0 Å². The van der Waals surface area contributed by atoms with E-state index in [0.717, 1.165) is 16.5 Å². The molecule has 0 spiro atoms.